The summed E-state index contributed by atoms with van der Waals surface area (Å²) < 4.78 is 1.88. The van der Waals surface area contributed by atoms with Crippen LogP contribution in [0.25, 0.3) is 16.6 Å². The average Bonchev–Trinajstić information content (AvgIpc) is 3.42. The lowest BCUT2D eigenvalue weighted by Crippen LogP contribution is -2.19. The van der Waals surface area contributed by atoms with E-state index in [1.807, 2.05) is 46.6 Å². The summed E-state index contributed by atoms with van der Waals surface area (Å²) in [4.78, 5) is 24.5. The predicted molar refractivity (Wildman–Crippen MR) is 128 cm³/mol. The number of carbonyl (C=O) groups excluding carboxylic acids is 2. The number of carbonyl (C=O) groups is 2. The number of aromatic nitrogens is 2. The lowest BCUT2D eigenvalue weighted by molar-refractivity contribution is -0.111. The number of thiophene rings is 1. The number of nitrogens with one attached hydrogen (secondary N) is 2. The number of hydrogen-bond acceptors (Lipinski definition) is 4. The summed E-state index contributed by atoms with van der Waals surface area (Å²) in [5.41, 5.74) is 9.00. The SMILES string of the molecule is NC(=O)Nc1cccc(NC(=O)C=Cc2cn(Cc3ccccc3)nc2-c2cccs2)c1. The summed E-state index contributed by atoms with van der Waals surface area (Å²) in [6.07, 6.45) is 5.16. The number of anilines is 2. The van der Waals surface area contributed by atoms with E-state index < -0.39 is 6.03 Å². The van der Waals surface area contributed by atoms with Gasteiger partial charge in [0.25, 0.3) is 0 Å². The van der Waals surface area contributed by atoms with Crippen LogP contribution in [0.2, 0.25) is 0 Å². The van der Waals surface area contributed by atoms with E-state index in [4.69, 9.17) is 10.8 Å². The topological polar surface area (TPSA) is 102 Å². The van der Waals surface area contributed by atoms with Crippen LogP contribution < -0.4 is 16.4 Å². The molecule has 0 bridgehead atoms. The molecule has 0 spiro atoms. The molecule has 0 saturated heterocycles. The first-order valence-corrected chi connectivity index (χ1v) is 10.8. The number of primary amides is 1. The van der Waals surface area contributed by atoms with E-state index in [0.717, 1.165) is 21.7 Å². The molecule has 0 fully saturated rings. The molecule has 32 heavy (non-hydrogen) atoms. The molecule has 8 heteroatoms. The van der Waals surface area contributed by atoms with Crippen molar-refractivity contribution in [3.05, 3.63) is 95.5 Å². The third-order valence-corrected chi connectivity index (χ3v) is 5.42. The van der Waals surface area contributed by atoms with Crippen molar-refractivity contribution >= 4 is 40.7 Å². The van der Waals surface area contributed by atoms with Crippen molar-refractivity contribution in [1.82, 2.24) is 9.78 Å². The molecule has 160 valence electrons. The van der Waals surface area contributed by atoms with Crippen LogP contribution in [0.1, 0.15) is 11.1 Å². The van der Waals surface area contributed by atoms with Gasteiger partial charge >= 0.3 is 6.03 Å². The standard InChI is InChI=1S/C24H21N5O2S/c25-24(31)27-20-9-4-8-19(14-20)26-22(30)12-11-18-16-29(15-17-6-2-1-3-7-17)28-23(18)21-10-5-13-32-21/h1-14,16H,15H2,(H,26,30)(H3,25,27,31). The number of urea groups is 1. The van der Waals surface area contributed by atoms with Gasteiger partial charge in [-0.15, -0.1) is 11.3 Å². The highest BCUT2D eigenvalue weighted by atomic mass is 32.1. The van der Waals surface area contributed by atoms with Gasteiger partial charge in [-0.3, -0.25) is 9.48 Å². The van der Waals surface area contributed by atoms with E-state index in [9.17, 15) is 9.59 Å². The molecule has 4 aromatic rings. The summed E-state index contributed by atoms with van der Waals surface area (Å²) in [6, 6.07) is 20.2. The Labute approximate surface area is 189 Å². The van der Waals surface area contributed by atoms with Gasteiger partial charge in [0, 0.05) is 29.2 Å². The maximum absolute atomic E-state index is 12.5. The van der Waals surface area contributed by atoms with Crippen LogP contribution >= 0.6 is 11.3 Å². The van der Waals surface area contributed by atoms with Crippen molar-refractivity contribution in [2.24, 2.45) is 5.73 Å². The van der Waals surface area contributed by atoms with Crippen molar-refractivity contribution in [3.8, 4) is 10.6 Å². The summed E-state index contributed by atoms with van der Waals surface area (Å²) in [6.45, 7) is 0.638. The molecular formula is C24H21N5O2S. The van der Waals surface area contributed by atoms with Crippen molar-refractivity contribution in [1.29, 1.82) is 0 Å². The van der Waals surface area contributed by atoms with Crippen LogP contribution in [-0.2, 0) is 11.3 Å². The van der Waals surface area contributed by atoms with Gasteiger partial charge in [0.1, 0.15) is 5.69 Å². The second kappa shape index (κ2) is 9.76. The number of benzene rings is 2. The van der Waals surface area contributed by atoms with E-state index in [2.05, 4.69) is 22.8 Å². The molecule has 0 radical (unpaired) electrons. The van der Waals surface area contributed by atoms with Crippen molar-refractivity contribution in [2.75, 3.05) is 10.6 Å². The molecule has 4 rings (SSSR count). The first kappa shape index (κ1) is 21.1. The fourth-order valence-corrected chi connectivity index (χ4v) is 3.91. The molecule has 7 nitrogen and oxygen atoms in total. The number of nitrogens with two attached hydrogens (primary N) is 1. The van der Waals surface area contributed by atoms with E-state index in [1.165, 1.54) is 6.08 Å². The molecule has 0 atom stereocenters. The Bertz CT molecular complexity index is 1250. The van der Waals surface area contributed by atoms with Gasteiger partial charge in [-0.1, -0.05) is 42.5 Å². The maximum Gasteiger partial charge on any atom is 0.316 e. The van der Waals surface area contributed by atoms with Crippen LogP contribution in [0.15, 0.2) is 84.4 Å². The van der Waals surface area contributed by atoms with Crippen LogP contribution in [0.3, 0.4) is 0 Å². The molecule has 3 amide bonds. The van der Waals surface area contributed by atoms with Crippen LogP contribution in [-0.4, -0.2) is 21.7 Å². The normalized spacial score (nSPS) is 10.9. The van der Waals surface area contributed by atoms with E-state index in [1.54, 1.807) is 41.7 Å². The highest BCUT2D eigenvalue weighted by Crippen LogP contribution is 2.28. The molecule has 0 aliphatic carbocycles. The minimum Gasteiger partial charge on any atom is -0.351 e. The van der Waals surface area contributed by atoms with Crippen LogP contribution in [0, 0.1) is 0 Å². The highest BCUT2D eigenvalue weighted by Gasteiger charge is 2.11. The first-order valence-electron chi connectivity index (χ1n) is 9.88. The van der Waals surface area contributed by atoms with Gasteiger partial charge in [-0.05, 0) is 41.3 Å². The highest BCUT2D eigenvalue weighted by molar-refractivity contribution is 7.13. The smallest absolute Gasteiger partial charge is 0.316 e. The average molecular weight is 444 g/mol. The summed E-state index contributed by atoms with van der Waals surface area (Å²) in [5, 5.41) is 12.0. The number of amides is 3. The van der Waals surface area contributed by atoms with Crippen LogP contribution in [0.4, 0.5) is 16.2 Å². The lowest BCUT2D eigenvalue weighted by atomic mass is 10.2. The van der Waals surface area contributed by atoms with E-state index in [0.29, 0.717) is 17.9 Å². The van der Waals surface area contributed by atoms with E-state index >= 15 is 0 Å². The molecule has 0 aliphatic rings. The largest absolute Gasteiger partial charge is 0.351 e. The number of hydrogen-bond donors (Lipinski definition) is 3. The zero-order valence-corrected chi connectivity index (χ0v) is 17.9. The molecule has 4 N–H and O–H groups in total. The van der Waals surface area contributed by atoms with Gasteiger partial charge in [-0.2, -0.15) is 5.10 Å². The van der Waals surface area contributed by atoms with Gasteiger partial charge in [0.05, 0.1) is 11.4 Å². The zero-order valence-electron chi connectivity index (χ0n) is 17.1. The van der Waals surface area contributed by atoms with Crippen molar-refractivity contribution in [2.45, 2.75) is 6.54 Å². The third-order valence-electron chi connectivity index (χ3n) is 4.54. The fraction of sp³-hybridized carbons (Fsp3) is 0.0417. The second-order valence-corrected chi connectivity index (χ2v) is 7.93. The maximum atomic E-state index is 12.5. The van der Waals surface area contributed by atoms with Gasteiger partial charge in [-0.25, -0.2) is 4.79 Å². The molecular weight excluding hydrogens is 422 g/mol. The molecule has 2 aromatic heterocycles. The Balaban J connectivity index is 1.52. The van der Waals surface area contributed by atoms with Gasteiger partial charge in [0.15, 0.2) is 0 Å². The first-order chi connectivity index (χ1) is 15.6. The summed E-state index contributed by atoms with van der Waals surface area (Å²) >= 11 is 1.60. The van der Waals surface area contributed by atoms with E-state index in [-0.39, 0.29) is 5.91 Å². The fourth-order valence-electron chi connectivity index (χ4n) is 3.18. The van der Waals surface area contributed by atoms with Crippen molar-refractivity contribution in [3.63, 3.8) is 0 Å². The lowest BCUT2D eigenvalue weighted by Gasteiger charge is -2.05. The van der Waals surface area contributed by atoms with Gasteiger partial charge in [0.2, 0.25) is 5.91 Å². The van der Waals surface area contributed by atoms with Gasteiger partial charge < -0.3 is 16.4 Å². The monoisotopic (exact) mass is 443 g/mol. The number of nitrogens with zero attached hydrogens (tertiary/aromatic N) is 2. The quantitative estimate of drug-likeness (QED) is 0.358. The zero-order chi connectivity index (χ0) is 22.3. The molecule has 2 heterocycles. The molecule has 2 aromatic carbocycles. The predicted octanol–water partition coefficient (Wildman–Crippen LogP) is 4.80. The number of rotatable bonds is 7. The summed E-state index contributed by atoms with van der Waals surface area (Å²) in [7, 11) is 0. The second-order valence-electron chi connectivity index (χ2n) is 6.99. The Morgan fingerprint density at radius 1 is 1.00 bits per heavy atom. The summed E-state index contributed by atoms with van der Waals surface area (Å²) in [5.74, 6) is -0.297. The minimum atomic E-state index is -0.665. The van der Waals surface area contributed by atoms with Crippen molar-refractivity contribution < 1.29 is 9.59 Å². The van der Waals surface area contributed by atoms with Crippen LogP contribution in [0.5, 0.6) is 0 Å². The Hall–Kier alpha value is -4.17. The third kappa shape index (κ3) is 5.50. The Morgan fingerprint density at radius 3 is 2.50 bits per heavy atom. The minimum absolute atomic E-state index is 0.297. The molecule has 0 saturated carbocycles. The Morgan fingerprint density at radius 2 is 1.78 bits per heavy atom. The Kier molecular flexibility index (Phi) is 6.43. The molecule has 0 unspecified atom stereocenters. The molecule has 0 aliphatic heterocycles.